The second kappa shape index (κ2) is 25.1. The van der Waals surface area contributed by atoms with Crippen molar-refractivity contribution in [2.24, 2.45) is 5.16 Å². The van der Waals surface area contributed by atoms with Crippen LogP contribution in [0.4, 0.5) is 5.13 Å². The molecule has 3 aliphatic rings. The number of esters is 1. The van der Waals surface area contributed by atoms with Crippen LogP contribution in [0.5, 0.6) is 0 Å². The number of aromatic nitrogens is 1. The summed E-state index contributed by atoms with van der Waals surface area (Å²) in [7, 11) is 0. The fourth-order valence-corrected chi connectivity index (χ4v) is 15.2. The number of thioether (sulfide) groups is 2. The number of hydrogen-bond donors (Lipinski definition) is 2. The van der Waals surface area contributed by atoms with Crippen LogP contribution in [0.2, 0.25) is 0 Å². The maximum atomic E-state index is 15.5. The summed E-state index contributed by atoms with van der Waals surface area (Å²) in [5.74, 6) is -0.496. The number of nitrogens with one attached hydrogen (secondary N) is 2. The third-order valence-corrected chi connectivity index (χ3v) is 19.7. The van der Waals surface area contributed by atoms with Crippen molar-refractivity contribution < 1.29 is 28.7 Å². The molecule has 3 unspecified atom stereocenters. The summed E-state index contributed by atoms with van der Waals surface area (Å²) in [5.41, 5.74) is 4.76. The van der Waals surface area contributed by atoms with E-state index in [4.69, 9.17) is 24.5 Å². The van der Waals surface area contributed by atoms with Gasteiger partial charge in [0.1, 0.15) is 27.4 Å². The Labute approximate surface area is 496 Å². The summed E-state index contributed by atoms with van der Waals surface area (Å²) in [6, 6.07) is 78.6. The van der Waals surface area contributed by atoms with Gasteiger partial charge in [-0.05, 0) is 47.1 Å². The average molecular weight is 1150 g/mol. The minimum atomic E-state index is -1.35. The third kappa shape index (κ3) is 11.4. The van der Waals surface area contributed by atoms with Gasteiger partial charge in [-0.3, -0.25) is 14.4 Å². The molecule has 14 heteroatoms. The maximum absolute atomic E-state index is 15.5. The Hall–Kier alpha value is -8.27. The smallest absolute Gasteiger partial charge is 0.325 e. The van der Waals surface area contributed by atoms with Crippen molar-refractivity contribution in [2.45, 2.75) is 58.8 Å². The highest BCUT2D eigenvalue weighted by molar-refractivity contribution is 8.05. The van der Waals surface area contributed by atoms with Gasteiger partial charge in [-0.25, -0.2) is 4.98 Å². The summed E-state index contributed by atoms with van der Waals surface area (Å²) >= 11 is 4.30. The Kier molecular flexibility index (Phi) is 16.7. The number of nitrogens with zero attached hydrogens (tertiary/aromatic N) is 3. The Balaban J connectivity index is 0.897. The lowest BCUT2D eigenvalue weighted by Gasteiger charge is -2.54. The van der Waals surface area contributed by atoms with E-state index in [9.17, 15) is 4.79 Å². The summed E-state index contributed by atoms with van der Waals surface area (Å²) in [4.78, 5) is 59.4. The highest BCUT2D eigenvalue weighted by Crippen LogP contribution is 2.47. The van der Waals surface area contributed by atoms with Crippen molar-refractivity contribution in [2.75, 3.05) is 30.0 Å². The van der Waals surface area contributed by atoms with Crippen molar-refractivity contribution in [3.05, 3.63) is 298 Å². The second-order valence-corrected chi connectivity index (χ2v) is 24.2. The fraction of sp³-hybridized carbons (Fsp3) is 0.203. The maximum Gasteiger partial charge on any atom is 0.325 e. The lowest BCUT2D eigenvalue weighted by atomic mass is 9.77. The zero-order valence-corrected chi connectivity index (χ0v) is 47.9. The van der Waals surface area contributed by atoms with E-state index in [1.165, 1.54) is 34.9 Å². The van der Waals surface area contributed by atoms with Crippen molar-refractivity contribution in [1.29, 1.82) is 0 Å². The summed E-state index contributed by atoms with van der Waals surface area (Å²) in [5, 5.41) is 13.7. The van der Waals surface area contributed by atoms with E-state index in [1.807, 2.05) is 206 Å². The molecule has 0 saturated carbocycles. The van der Waals surface area contributed by atoms with E-state index >= 15 is 9.59 Å². The first-order chi connectivity index (χ1) is 40.8. The lowest BCUT2D eigenvalue weighted by molar-refractivity contribution is -0.155. The van der Waals surface area contributed by atoms with Gasteiger partial charge in [0.25, 0.3) is 5.91 Å². The van der Waals surface area contributed by atoms with E-state index in [1.54, 1.807) is 10.3 Å². The molecule has 416 valence electrons. The Morgan fingerprint density at radius 2 is 1.13 bits per heavy atom. The minimum Gasteiger partial charge on any atom is -0.451 e. The van der Waals surface area contributed by atoms with Crippen molar-refractivity contribution >= 4 is 63.5 Å². The van der Waals surface area contributed by atoms with Crippen LogP contribution in [-0.2, 0) is 39.8 Å². The van der Waals surface area contributed by atoms with Crippen molar-refractivity contribution in [3.63, 3.8) is 0 Å². The van der Waals surface area contributed by atoms with E-state index in [2.05, 4.69) is 47.0 Å². The normalized spacial score (nSPS) is 19.0. The predicted octanol–water partition coefficient (Wildman–Crippen LogP) is 13.0. The average Bonchev–Trinajstić information content (AvgIpc) is 4.08. The molecule has 2 amide bonds. The number of anilines is 1. The van der Waals surface area contributed by atoms with Crippen molar-refractivity contribution in [1.82, 2.24) is 15.2 Å². The molecule has 0 spiro atoms. The summed E-state index contributed by atoms with van der Waals surface area (Å²) in [6.45, 7) is 0.763. The Morgan fingerprint density at radius 1 is 0.663 bits per heavy atom. The number of benzene rings is 8. The van der Waals surface area contributed by atoms with Crippen LogP contribution in [0.3, 0.4) is 0 Å². The van der Waals surface area contributed by atoms with Crippen LogP contribution < -0.4 is 10.6 Å². The predicted molar refractivity (Wildman–Crippen MR) is 331 cm³/mol. The molecule has 11 nitrogen and oxygen atoms in total. The second-order valence-electron chi connectivity index (χ2n) is 20.8. The third-order valence-electron chi connectivity index (χ3n) is 15.7. The number of β-lactam (4-membered cyclic amide) rings is 1. The highest BCUT2D eigenvalue weighted by atomic mass is 32.2. The molecule has 1 aromatic heterocycles. The number of ether oxygens (including phenoxy) is 2. The first kappa shape index (κ1) is 55.3. The van der Waals surface area contributed by atoms with E-state index in [0.29, 0.717) is 23.2 Å². The number of carbonyl (C=O) groups excluding carboxylic acids is 3. The number of amides is 2. The molecule has 4 atom stereocenters. The van der Waals surface area contributed by atoms with Crippen molar-refractivity contribution in [3.8, 4) is 0 Å². The molecule has 3 aliphatic heterocycles. The van der Waals surface area contributed by atoms with Gasteiger partial charge < -0.3 is 29.8 Å². The van der Waals surface area contributed by atoms with E-state index < -0.39 is 45.3 Å². The number of oxime groups is 1. The van der Waals surface area contributed by atoms with Gasteiger partial charge >= 0.3 is 5.97 Å². The molecule has 0 bridgehead atoms. The summed E-state index contributed by atoms with van der Waals surface area (Å²) < 4.78 is 11.7. The quantitative estimate of drug-likeness (QED) is 0.0250. The van der Waals surface area contributed by atoms with E-state index in [-0.39, 0.29) is 30.0 Å². The van der Waals surface area contributed by atoms with Crippen LogP contribution in [-0.4, -0.2) is 80.3 Å². The Bertz CT molecular complexity index is 3410. The molecule has 8 aromatic carbocycles. The molecule has 9 aromatic rings. The largest absolute Gasteiger partial charge is 0.451 e. The van der Waals surface area contributed by atoms with E-state index in [0.717, 1.165) is 63.8 Å². The van der Waals surface area contributed by atoms with Crippen LogP contribution in [0.25, 0.3) is 0 Å². The molecule has 2 N–H and O–H groups in total. The number of thiazole rings is 1. The topological polar surface area (TPSA) is 131 Å². The number of carbonyl (C=O) groups is 3. The van der Waals surface area contributed by atoms with Gasteiger partial charge in [-0.1, -0.05) is 248 Å². The molecule has 0 aliphatic carbocycles. The molecule has 3 saturated heterocycles. The molecule has 0 radical (unpaired) electrons. The lowest BCUT2D eigenvalue weighted by Crippen LogP contribution is -2.75. The first-order valence-electron chi connectivity index (χ1n) is 28.0. The molecule has 83 heavy (non-hydrogen) atoms. The van der Waals surface area contributed by atoms with Crippen LogP contribution in [0.15, 0.2) is 253 Å². The monoisotopic (exact) mass is 1150 g/mol. The number of hydrogen-bond acceptors (Lipinski definition) is 12. The standard InChI is InChI=1S/C69H61N5O6S3/c75-62(71-60-63(76)74-47-67(48-82-64(60)74,83-45-57-43-25-26-44-78-57)65(77)79-61(49-27-9-1-10-28-49)50-29-11-2-12-30-50)59(73-80-69(54-37-19-6-20-38-54,55-39-21-7-22-40-55)56-41-23-8-24-42-56)58-46-81-66(70-58)72-68(51-31-13-3-14-32-51,52-33-15-4-16-34-52)53-35-17-5-18-36-53/h1-24,27-42,46,57,60-61,64H,25-26,43-45,47-48H2,(H,70,72)(H,71,75)/t57?,60?,64-,67?/m1/s1. The first-order valence-corrected chi connectivity index (χ1v) is 30.9. The molecule has 12 rings (SSSR count). The SMILES string of the molecule is O=C(NC1C(=O)N2CC(SCC3CCCCO3)(C(=O)OC(c3ccccc3)c3ccccc3)CS[C@H]12)C(=NOC(c1ccccc1)(c1ccccc1)c1ccccc1)c1csc(NC(c2ccccc2)(c2ccccc2)c2ccccc2)n1. The molecule has 4 heterocycles. The van der Waals surface area contributed by atoms with Gasteiger partial charge in [0.2, 0.25) is 11.5 Å². The van der Waals surface area contributed by atoms with Gasteiger partial charge in [0, 0.05) is 46.7 Å². The van der Waals surface area contributed by atoms with Crippen LogP contribution in [0.1, 0.15) is 75.6 Å². The molecule has 3 fully saturated rings. The molecular formula is C69H61N5O6S3. The van der Waals surface area contributed by atoms with Crippen LogP contribution >= 0.6 is 34.9 Å². The zero-order chi connectivity index (χ0) is 56.5. The number of fused-ring (bicyclic) bond motifs is 1. The van der Waals surface area contributed by atoms with Gasteiger partial charge in [0.05, 0.1) is 6.10 Å². The van der Waals surface area contributed by atoms with Gasteiger partial charge in [-0.15, -0.1) is 34.9 Å². The van der Waals surface area contributed by atoms with Gasteiger partial charge in [0.15, 0.2) is 16.9 Å². The summed E-state index contributed by atoms with van der Waals surface area (Å²) in [6.07, 6.45) is 2.24. The minimum absolute atomic E-state index is 0.0310. The zero-order valence-electron chi connectivity index (χ0n) is 45.4. The Morgan fingerprint density at radius 3 is 1.60 bits per heavy atom. The fourth-order valence-electron chi connectivity index (χ4n) is 11.4. The van der Waals surface area contributed by atoms with Gasteiger partial charge in [-0.2, -0.15) is 0 Å². The number of rotatable bonds is 20. The van der Waals surface area contributed by atoms with Crippen LogP contribution in [0, 0.1) is 0 Å². The molecular weight excluding hydrogens is 1090 g/mol. The highest BCUT2D eigenvalue weighted by Gasteiger charge is 2.59.